The first-order valence-corrected chi connectivity index (χ1v) is 13.0. The van der Waals surface area contributed by atoms with E-state index in [-0.39, 0.29) is 17.4 Å². The van der Waals surface area contributed by atoms with Gasteiger partial charge in [-0.25, -0.2) is 13.4 Å². The second kappa shape index (κ2) is 7.01. The van der Waals surface area contributed by atoms with E-state index in [9.17, 15) is 13.5 Å². The van der Waals surface area contributed by atoms with Gasteiger partial charge in [-0.2, -0.15) is 9.40 Å². The van der Waals surface area contributed by atoms with Gasteiger partial charge in [-0.15, -0.1) is 0 Å². The molecule has 1 saturated heterocycles. The molecule has 3 unspecified atom stereocenters. The minimum Gasteiger partial charge on any atom is -0.392 e. The maximum absolute atomic E-state index is 13.4. The number of hydrogen-bond acceptors (Lipinski definition) is 5. The van der Waals surface area contributed by atoms with Crippen LogP contribution in [0, 0.1) is 25.2 Å². The van der Waals surface area contributed by atoms with Crippen LogP contribution in [-0.2, 0) is 17.1 Å². The van der Waals surface area contributed by atoms with Crippen LogP contribution in [0.15, 0.2) is 41.7 Å². The Bertz CT molecular complexity index is 1350. The van der Waals surface area contributed by atoms with E-state index in [1.165, 1.54) is 11.1 Å². The second-order valence-corrected chi connectivity index (χ2v) is 11.8. The molecule has 4 heterocycles. The summed E-state index contributed by atoms with van der Waals surface area (Å²) < 4.78 is 32.1. The Morgan fingerprint density at radius 3 is 2.55 bits per heavy atom. The molecule has 8 nitrogen and oxygen atoms in total. The number of sulfonamides is 1. The van der Waals surface area contributed by atoms with Gasteiger partial charge in [0.2, 0.25) is 10.0 Å². The summed E-state index contributed by atoms with van der Waals surface area (Å²) in [7, 11) is -1.83. The average Bonchev–Trinajstić information content (AvgIpc) is 3.45. The summed E-state index contributed by atoms with van der Waals surface area (Å²) in [5.41, 5.74) is 4.52. The van der Waals surface area contributed by atoms with Gasteiger partial charge in [-0.05, 0) is 44.1 Å². The molecule has 0 radical (unpaired) electrons. The van der Waals surface area contributed by atoms with E-state index < -0.39 is 16.1 Å². The van der Waals surface area contributed by atoms with Crippen LogP contribution < -0.4 is 0 Å². The molecule has 174 valence electrons. The van der Waals surface area contributed by atoms with Gasteiger partial charge in [0.25, 0.3) is 0 Å². The topological polar surface area (TPSA) is 93.3 Å². The van der Waals surface area contributed by atoms with Gasteiger partial charge in [-0.3, -0.25) is 4.68 Å². The minimum atomic E-state index is -3.60. The molecule has 3 aliphatic rings. The number of aromatic nitrogens is 4. The molecule has 2 fully saturated rings. The van der Waals surface area contributed by atoms with Gasteiger partial charge < -0.3 is 9.67 Å². The van der Waals surface area contributed by atoms with Crippen molar-refractivity contribution in [1.82, 2.24) is 23.6 Å². The lowest BCUT2D eigenvalue weighted by Crippen LogP contribution is -2.59. The molecule has 3 atom stereocenters. The van der Waals surface area contributed by atoms with Gasteiger partial charge in [0.1, 0.15) is 4.90 Å². The van der Waals surface area contributed by atoms with Crippen molar-refractivity contribution >= 4 is 10.0 Å². The Labute approximate surface area is 193 Å². The number of piperidine rings is 1. The summed E-state index contributed by atoms with van der Waals surface area (Å²) >= 11 is 0. The zero-order chi connectivity index (χ0) is 23.1. The monoisotopic (exact) mass is 467 g/mol. The molecule has 0 amide bonds. The Balaban J connectivity index is 1.21. The molecule has 0 bridgehead atoms. The standard InChI is InChI=1S/C24H29N5O3S/c1-15-22(16(2)27(3)26-15)33(31,32)28-10-8-24(9-11-28)12-19(23(24)30)21-18-7-5-4-6-17(18)20-13-25-14-29(20)21/h4-7,13-14,19,21,23,30H,8-12H2,1-3H3. The maximum atomic E-state index is 13.4. The molecular weight excluding hydrogens is 438 g/mol. The van der Waals surface area contributed by atoms with E-state index in [1.807, 2.05) is 18.6 Å². The first-order valence-electron chi connectivity index (χ1n) is 11.5. The lowest BCUT2D eigenvalue weighted by atomic mass is 9.53. The Hall–Kier alpha value is -2.49. The average molecular weight is 468 g/mol. The Morgan fingerprint density at radius 2 is 1.88 bits per heavy atom. The number of fused-ring (bicyclic) bond motifs is 3. The van der Waals surface area contributed by atoms with Gasteiger partial charge in [-0.1, -0.05) is 24.3 Å². The molecule has 2 aliphatic heterocycles. The molecule has 9 heteroatoms. The summed E-state index contributed by atoms with van der Waals surface area (Å²) in [6.07, 6.45) is 5.54. The molecule has 3 aromatic rings. The number of rotatable bonds is 3. The third-order valence-corrected chi connectivity index (χ3v) is 10.5. The van der Waals surface area contributed by atoms with Gasteiger partial charge >= 0.3 is 0 Å². The molecule has 1 N–H and O–H groups in total. The largest absolute Gasteiger partial charge is 0.392 e. The number of aryl methyl sites for hydroxylation is 2. The van der Waals surface area contributed by atoms with Crippen molar-refractivity contribution in [2.45, 2.75) is 50.2 Å². The molecule has 1 spiro atoms. The first-order chi connectivity index (χ1) is 15.7. The normalized spacial score (nSPS) is 26.2. The molecule has 33 heavy (non-hydrogen) atoms. The van der Waals surface area contributed by atoms with E-state index in [0.717, 1.165) is 12.1 Å². The highest BCUT2D eigenvalue weighted by molar-refractivity contribution is 7.89. The molecule has 6 rings (SSSR count). The van der Waals surface area contributed by atoms with Gasteiger partial charge in [0.05, 0.1) is 41.8 Å². The number of hydrogen-bond donors (Lipinski definition) is 1. The highest BCUT2D eigenvalue weighted by Crippen LogP contribution is 2.59. The van der Waals surface area contributed by atoms with Crippen molar-refractivity contribution < 1.29 is 13.5 Å². The third-order valence-electron chi connectivity index (χ3n) is 8.36. The van der Waals surface area contributed by atoms with Crippen LogP contribution in [0.4, 0.5) is 0 Å². The summed E-state index contributed by atoms with van der Waals surface area (Å²) in [5.74, 6) is 0.104. The number of aliphatic hydroxyl groups excluding tert-OH is 1. The fourth-order valence-corrected chi connectivity index (χ4v) is 8.36. The smallest absolute Gasteiger partial charge is 0.246 e. The van der Waals surface area contributed by atoms with Crippen molar-refractivity contribution in [3.63, 3.8) is 0 Å². The van der Waals surface area contributed by atoms with Crippen LogP contribution in [0.25, 0.3) is 11.3 Å². The SMILES string of the molecule is Cc1nn(C)c(C)c1S(=O)(=O)N1CCC2(CC1)CC(C1c3ccccc3-c3cncn31)C2O. The maximum Gasteiger partial charge on any atom is 0.246 e. The number of benzene rings is 1. The lowest BCUT2D eigenvalue weighted by molar-refractivity contribution is -0.152. The molecule has 2 aromatic heterocycles. The molecule has 1 aromatic carbocycles. The van der Waals surface area contributed by atoms with Gasteiger partial charge in [0, 0.05) is 31.6 Å². The highest BCUT2D eigenvalue weighted by Gasteiger charge is 2.58. The number of nitrogens with zero attached hydrogens (tertiary/aromatic N) is 5. The Morgan fingerprint density at radius 1 is 1.15 bits per heavy atom. The van der Waals surface area contributed by atoms with Crippen LogP contribution in [0.1, 0.15) is 42.3 Å². The third kappa shape index (κ3) is 2.79. The number of imidazole rings is 1. The first kappa shape index (κ1) is 21.1. The van der Waals surface area contributed by atoms with Crippen molar-refractivity contribution in [3.05, 3.63) is 53.7 Å². The zero-order valence-electron chi connectivity index (χ0n) is 19.1. The summed E-state index contributed by atoms with van der Waals surface area (Å²) in [6.45, 7) is 4.40. The number of aliphatic hydroxyl groups is 1. The van der Waals surface area contributed by atoms with Crippen LogP contribution in [0.5, 0.6) is 0 Å². The van der Waals surface area contributed by atoms with E-state index in [2.05, 4.69) is 32.8 Å². The van der Waals surface area contributed by atoms with Gasteiger partial charge in [0.15, 0.2) is 0 Å². The quantitative estimate of drug-likeness (QED) is 0.639. The fourth-order valence-electron chi connectivity index (χ4n) is 6.52. The van der Waals surface area contributed by atoms with Crippen LogP contribution in [0.3, 0.4) is 0 Å². The van der Waals surface area contributed by atoms with Crippen molar-refractivity contribution in [2.24, 2.45) is 18.4 Å². The van der Waals surface area contributed by atoms with E-state index in [4.69, 9.17) is 0 Å². The predicted molar refractivity (Wildman–Crippen MR) is 123 cm³/mol. The predicted octanol–water partition coefficient (Wildman–Crippen LogP) is 2.66. The van der Waals surface area contributed by atoms with Crippen molar-refractivity contribution in [3.8, 4) is 11.3 Å². The summed E-state index contributed by atoms with van der Waals surface area (Å²) in [5, 5.41) is 15.7. The summed E-state index contributed by atoms with van der Waals surface area (Å²) in [6, 6.07) is 8.45. The van der Waals surface area contributed by atoms with Crippen LogP contribution in [0.2, 0.25) is 0 Å². The summed E-state index contributed by atoms with van der Waals surface area (Å²) in [4.78, 5) is 4.67. The zero-order valence-corrected chi connectivity index (χ0v) is 20.0. The van der Waals surface area contributed by atoms with Crippen molar-refractivity contribution in [1.29, 1.82) is 0 Å². The van der Waals surface area contributed by atoms with E-state index >= 15 is 0 Å². The van der Waals surface area contributed by atoms with Crippen LogP contribution in [-0.4, -0.2) is 56.4 Å². The van der Waals surface area contributed by atoms with E-state index in [1.54, 1.807) is 29.9 Å². The van der Waals surface area contributed by atoms with Crippen molar-refractivity contribution in [2.75, 3.05) is 13.1 Å². The highest BCUT2D eigenvalue weighted by atomic mass is 32.2. The molecule has 1 saturated carbocycles. The second-order valence-electron chi connectivity index (χ2n) is 9.92. The fraction of sp³-hybridized carbons (Fsp3) is 0.500. The Kier molecular flexibility index (Phi) is 4.47. The van der Waals surface area contributed by atoms with E-state index in [0.29, 0.717) is 42.2 Å². The molecular formula is C24H29N5O3S. The lowest BCUT2D eigenvalue weighted by Gasteiger charge is -2.57. The minimum absolute atomic E-state index is 0.0850. The molecule has 1 aliphatic carbocycles. The van der Waals surface area contributed by atoms with Crippen LogP contribution >= 0.6 is 0 Å².